The maximum atomic E-state index is 6.18. The Balaban J connectivity index is 1.34. The van der Waals surface area contributed by atoms with Crippen LogP contribution < -0.4 is 0 Å². The molecule has 0 unspecified atom stereocenters. The van der Waals surface area contributed by atoms with Crippen LogP contribution in [-0.4, -0.2) is 19.9 Å². The van der Waals surface area contributed by atoms with E-state index in [9.17, 15) is 0 Å². The Bertz CT molecular complexity index is 2290. The van der Waals surface area contributed by atoms with Crippen molar-refractivity contribution in [3.8, 4) is 56.4 Å². The van der Waals surface area contributed by atoms with E-state index in [-0.39, 0.29) is 0 Å². The summed E-state index contributed by atoms with van der Waals surface area (Å²) < 4.78 is 6.18. The van der Waals surface area contributed by atoms with E-state index in [1.807, 2.05) is 66.9 Å². The molecule has 41 heavy (non-hydrogen) atoms. The van der Waals surface area contributed by atoms with Gasteiger partial charge in [-0.05, 0) is 46.5 Å². The van der Waals surface area contributed by atoms with Crippen molar-refractivity contribution in [3.63, 3.8) is 0 Å². The van der Waals surface area contributed by atoms with E-state index in [1.54, 1.807) is 0 Å². The maximum Gasteiger partial charge on any atom is 0.166 e. The van der Waals surface area contributed by atoms with E-state index in [2.05, 4.69) is 54.6 Å². The minimum Gasteiger partial charge on any atom is -0.456 e. The summed E-state index contributed by atoms with van der Waals surface area (Å²) in [6.07, 6.45) is 1.88. The topological polar surface area (TPSA) is 64.7 Å². The van der Waals surface area contributed by atoms with Gasteiger partial charge in [-0.3, -0.25) is 4.98 Å². The number of hydrogen-bond acceptors (Lipinski definition) is 5. The van der Waals surface area contributed by atoms with Crippen LogP contribution in [0.5, 0.6) is 0 Å². The average Bonchev–Trinajstić information content (AvgIpc) is 3.59. The molecule has 0 radical (unpaired) electrons. The molecule has 9 rings (SSSR count). The molecule has 5 aromatic carbocycles. The quantitative estimate of drug-likeness (QED) is 0.231. The second-order valence-electron chi connectivity index (χ2n) is 10.2. The summed E-state index contributed by atoms with van der Waals surface area (Å²) in [5, 5.41) is 3.16. The lowest BCUT2D eigenvalue weighted by atomic mass is 10.0. The van der Waals surface area contributed by atoms with Crippen LogP contribution in [0, 0.1) is 0 Å². The van der Waals surface area contributed by atoms with Crippen LogP contribution in [0.1, 0.15) is 0 Å². The molecule has 0 spiro atoms. The van der Waals surface area contributed by atoms with E-state index >= 15 is 0 Å². The normalized spacial score (nSPS) is 11.9. The van der Waals surface area contributed by atoms with Gasteiger partial charge in [-0.25, -0.2) is 15.0 Å². The maximum absolute atomic E-state index is 6.18. The largest absolute Gasteiger partial charge is 0.456 e. The number of pyridine rings is 1. The van der Waals surface area contributed by atoms with Crippen molar-refractivity contribution < 1.29 is 4.42 Å². The zero-order chi connectivity index (χ0) is 26.9. The number of nitrogens with zero attached hydrogens (tertiary/aromatic N) is 4. The standard InChI is InChI=1S/C36H20N4O/c1-2-9-21(10-3-1)34-38-35(27-14-8-16-30-31(27)26-13-6-7-15-29(26)41-30)40-36(39-34)28-18-17-24-22-11-4-5-12-23(22)25-19-20-37-33(28)32(24)25/h1-20H. The molecule has 8 aromatic rings. The summed E-state index contributed by atoms with van der Waals surface area (Å²) in [5.74, 6) is 1.80. The Labute approximate surface area is 234 Å². The van der Waals surface area contributed by atoms with Gasteiger partial charge in [-0.1, -0.05) is 91.0 Å². The van der Waals surface area contributed by atoms with Gasteiger partial charge in [0.05, 0.1) is 5.52 Å². The Morgan fingerprint density at radius 3 is 1.90 bits per heavy atom. The van der Waals surface area contributed by atoms with Gasteiger partial charge in [0.2, 0.25) is 0 Å². The molecular weight excluding hydrogens is 504 g/mol. The van der Waals surface area contributed by atoms with Crippen LogP contribution in [0.3, 0.4) is 0 Å². The zero-order valence-electron chi connectivity index (χ0n) is 21.7. The first-order chi connectivity index (χ1) is 20.3. The molecule has 0 saturated carbocycles. The van der Waals surface area contributed by atoms with E-state index in [1.165, 1.54) is 22.3 Å². The smallest absolute Gasteiger partial charge is 0.166 e. The first-order valence-electron chi connectivity index (χ1n) is 13.6. The van der Waals surface area contributed by atoms with Crippen molar-refractivity contribution in [2.45, 2.75) is 0 Å². The third-order valence-electron chi connectivity index (χ3n) is 7.95. The summed E-state index contributed by atoms with van der Waals surface area (Å²) in [5.41, 5.74) is 10.1. The molecule has 0 bridgehead atoms. The monoisotopic (exact) mass is 524 g/mol. The van der Waals surface area contributed by atoms with Crippen LogP contribution in [0.2, 0.25) is 0 Å². The fourth-order valence-electron chi connectivity index (χ4n) is 6.14. The summed E-state index contributed by atoms with van der Waals surface area (Å²) in [6.45, 7) is 0. The highest BCUT2D eigenvalue weighted by molar-refractivity contribution is 6.17. The third kappa shape index (κ3) is 3.23. The number of para-hydroxylation sites is 1. The highest BCUT2D eigenvalue weighted by Gasteiger charge is 2.25. The molecule has 0 N–H and O–H groups in total. The Kier molecular flexibility index (Phi) is 4.55. The number of rotatable bonds is 3. The van der Waals surface area contributed by atoms with Crippen LogP contribution in [0.25, 0.3) is 89.3 Å². The molecule has 0 saturated heterocycles. The molecule has 0 aliphatic heterocycles. The number of aromatic nitrogens is 4. The second-order valence-corrected chi connectivity index (χ2v) is 10.2. The summed E-state index contributed by atoms with van der Waals surface area (Å²) in [6, 6.07) is 39.1. The summed E-state index contributed by atoms with van der Waals surface area (Å²) in [7, 11) is 0. The van der Waals surface area contributed by atoms with Crippen LogP contribution >= 0.6 is 0 Å². The molecule has 3 heterocycles. The van der Waals surface area contributed by atoms with Gasteiger partial charge in [-0.15, -0.1) is 0 Å². The molecule has 3 aromatic heterocycles. The first-order valence-corrected chi connectivity index (χ1v) is 13.6. The predicted octanol–water partition coefficient (Wildman–Crippen LogP) is 8.97. The first kappa shape index (κ1) is 22.2. The SMILES string of the molecule is c1ccc(-c2nc(-c3ccc4c5c(ccnc35)-c3ccccc3-4)nc(-c3cccc4oc5ccccc5c34)n2)cc1. The predicted molar refractivity (Wildman–Crippen MR) is 163 cm³/mol. The lowest BCUT2D eigenvalue weighted by Crippen LogP contribution is -2.01. The van der Waals surface area contributed by atoms with Crippen molar-refractivity contribution in [1.29, 1.82) is 0 Å². The highest BCUT2D eigenvalue weighted by Crippen LogP contribution is 2.48. The molecule has 190 valence electrons. The molecule has 0 fully saturated rings. The van der Waals surface area contributed by atoms with Crippen molar-refractivity contribution >= 4 is 32.8 Å². The molecule has 0 atom stereocenters. The molecule has 0 amide bonds. The third-order valence-corrected chi connectivity index (χ3v) is 7.95. The molecular formula is C36H20N4O. The highest BCUT2D eigenvalue weighted by atomic mass is 16.3. The van der Waals surface area contributed by atoms with Gasteiger partial charge >= 0.3 is 0 Å². The van der Waals surface area contributed by atoms with Gasteiger partial charge in [0.15, 0.2) is 17.5 Å². The van der Waals surface area contributed by atoms with Gasteiger partial charge in [-0.2, -0.15) is 0 Å². The second kappa shape index (κ2) is 8.41. The van der Waals surface area contributed by atoms with E-state index in [4.69, 9.17) is 24.4 Å². The van der Waals surface area contributed by atoms with Crippen LogP contribution in [-0.2, 0) is 0 Å². The van der Waals surface area contributed by atoms with Crippen molar-refractivity contribution in [2.24, 2.45) is 0 Å². The number of benzene rings is 5. The van der Waals surface area contributed by atoms with Gasteiger partial charge in [0.1, 0.15) is 11.2 Å². The van der Waals surface area contributed by atoms with Gasteiger partial charge < -0.3 is 4.42 Å². The van der Waals surface area contributed by atoms with Crippen LogP contribution in [0.15, 0.2) is 126 Å². The van der Waals surface area contributed by atoms with Crippen LogP contribution in [0.4, 0.5) is 0 Å². The number of furan rings is 1. The van der Waals surface area contributed by atoms with Crippen molar-refractivity contribution in [2.75, 3.05) is 0 Å². The molecule has 5 heteroatoms. The number of fused-ring (bicyclic) bond motifs is 6. The summed E-state index contributed by atoms with van der Waals surface area (Å²) in [4.78, 5) is 20.0. The Morgan fingerprint density at radius 1 is 0.415 bits per heavy atom. The van der Waals surface area contributed by atoms with Crippen molar-refractivity contribution in [1.82, 2.24) is 19.9 Å². The van der Waals surface area contributed by atoms with E-state index in [0.717, 1.165) is 49.5 Å². The fraction of sp³-hybridized carbons (Fsp3) is 0. The zero-order valence-corrected chi connectivity index (χ0v) is 21.7. The van der Waals surface area contributed by atoms with Crippen molar-refractivity contribution in [3.05, 3.63) is 121 Å². The van der Waals surface area contributed by atoms with E-state index < -0.39 is 0 Å². The van der Waals surface area contributed by atoms with Gasteiger partial charge in [0.25, 0.3) is 0 Å². The minimum absolute atomic E-state index is 0.589. The average molecular weight is 525 g/mol. The molecule has 1 aliphatic carbocycles. The lowest BCUT2D eigenvalue weighted by molar-refractivity contribution is 0.669. The Morgan fingerprint density at radius 2 is 1.05 bits per heavy atom. The number of hydrogen-bond donors (Lipinski definition) is 0. The minimum atomic E-state index is 0.589. The molecule has 5 nitrogen and oxygen atoms in total. The van der Waals surface area contributed by atoms with Gasteiger partial charge in [0, 0.05) is 39.0 Å². The fourth-order valence-corrected chi connectivity index (χ4v) is 6.14. The molecule has 1 aliphatic rings. The van der Waals surface area contributed by atoms with E-state index in [0.29, 0.717) is 17.5 Å². The lowest BCUT2D eigenvalue weighted by Gasteiger charge is -2.11. The summed E-state index contributed by atoms with van der Waals surface area (Å²) >= 11 is 0. The Hall–Kier alpha value is -5.68.